The molecule has 327 valence electrons. The normalized spacial score (nSPS) is 11.8. The molecule has 0 aliphatic carbocycles. The molecule has 3 aromatic heterocycles. The summed E-state index contributed by atoms with van der Waals surface area (Å²) >= 11 is 0. The molecule has 6 heteroatoms. The van der Waals surface area contributed by atoms with Gasteiger partial charge in [0.25, 0.3) is 0 Å². The number of benzene rings is 7. The maximum atomic E-state index is 6.42. The third-order valence-corrected chi connectivity index (χ3v) is 14.0. The van der Waals surface area contributed by atoms with E-state index in [2.05, 4.69) is 198 Å². The van der Waals surface area contributed by atoms with Crippen LogP contribution in [0, 0.1) is 18.1 Å². The molecule has 4 nitrogen and oxygen atoms in total. The van der Waals surface area contributed by atoms with Crippen LogP contribution in [0.15, 0.2) is 174 Å². The average Bonchev–Trinajstić information content (AvgIpc) is 3.88. The van der Waals surface area contributed by atoms with Crippen LogP contribution in [0.2, 0.25) is 19.6 Å². The minimum atomic E-state index is -1.40. The second kappa shape index (κ2) is 18.7. The number of imidazole rings is 1. The first-order valence-corrected chi connectivity index (χ1v) is 25.9. The van der Waals surface area contributed by atoms with E-state index in [9.17, 15) is 0 Å². The number of fused-ring (bicyclic) bond motifs is 4. The number of para-hydroxylation sites is 3. The van der Waals surface area contributed by atoms with E-state index in [-0.39, 0.29) is 25.5 Å². The van der Waals surface area contributed by atoms with E-state index in [4.69, 9.17) is 14.4 Å². The molecular formula is C59H55IrN3OSi-2. The molecule has 0 bridgehead atoms. The van der Waals surface area contributed by atoms with Crippen LogP contribution < -0.4 is 5.19 Å². The van der Waals surface area contributed by atoms with Gasteiger partial charge in [-0.2, -0.15) is 0 Å². The number of pyridine rings is 1. The molecular weight excluding hydrogens is 987 g/mol. The van der Waals surface area contributed by atoms with Crippen molar-refractivity contribution in [3.8, 4) is 50.6 Å². The summed E-state index contributed by atoms with van der Waals surface area (Å²) in [4.78, 5) is 9.98. The Morgan fingerprint density at radius 3 is 2.08 bits per heavy atom. The third-order valence-electron chi connectivity index (χ3n) is 11.9. The minimum absolute atomic E-state index is 0. The van der Waals surface area contributed by atoms with Crippen LogP contribution in [0.25, 0.3) is 83.6 Å². The van der Waals surface area contributed by atoms with Crippen molar-refractivity contribution in [1.29, 1.82) is 0 Å². The Hall–Kier alpha value is -6.17. The zero-order chi connectivity index (χ0) is 44.6. The number of hydrogen-bond acceptors (Lipinski definition) is 3. The Morgan fingerprint density at radius 2 is 1.35 bits per heavy atom. The Morgan fingerprint density at radius 1 is 0.677 bits per heavy atom. The number of nitrogens with zero attached hydrogens (tertiary/aromatic N) is 3. The first kappa shape index (κ1) is 45.4. The van der Waals surface area contributed by atoms with Gasteiger partial charge in [0.2, 0.25) is 0 Å². The van der Waals surface area contributed by atoms with Gasteiger partial charge in [0, 0.05) is 42.9 Å². The molecule has 10 aromatic rings. The van der Waals surface area contributed by atoms with Gasteiger partial charge in [0.1, 0.15) is 5.58 Å². The van der Waals surface area contributed by atoms with Gasteiger partial charge < -0.3 is 14.0 Å². The Labute approximate surface area is 398 Å². The second-order valence-electron chi connectivity index (χ2n) is 19.2. The Bertz CT molecular complexity index is 3240. The van der Waals surface area contributed by atoms with Crippen LogP contribution in [0.5, 0.6) is 0 Å². The summed E-state index contributed by atoms with van der Waals surface area (Å²) in [6.07, 6.45) is 3.23. The van der Waals surface area contributed by atoms with Crippen LogP contribution in [0.3, 0.4) is 0 Å². The van der Waals surface area contributed by atoms with Crippen LogP contribution >= 0.6 is 0 Å². The van der Waals surface area contributed by atoms with Crippen molar-refractivity contribution in [3.63, 3.8) is 0 Å². The number of aromatic nitrogens is 3. The monoisotopic (exact) mass is 1040 g/mol. The van der Waals surface area contributed by atoms with Crippen molar-refractivity contribution < 1.29 is 24.5 Å². The Kier molecular flexibility index (Phi) is 13.1. The fourth-order valence-electron chi connectivity index (χ4n) is 8.69. The van der Waals surface area contributed by atoms with E-state index in [1.165, 1.54) is 38.6 Å². The molecule has 0 N–H and O–H groups in total. The van der Waals surface area contributed by atoms with Gasteiger partial charge in [-0.25, -0.2) is 0 Å². The molecule has 1 radical (unpaired) electrons. The summed E-state index contributed by atoms with van der Waals surface area (Å²) < 4.78 is 8.69. The summed E-state index contributed by atoms with van der Waals surface area (Å²) in [7, 11) is -1.40. The molecule has 0 saturated carbocycles. The second-order valence-corrected chi connectivity index (χ2v) is 24.3. The van der Waals surface area contributed by atoms with Crippen LogP contribution in [0.1, 0.15) is 45.7 Å². The molecule has 10 rings (SSSR count). The van der Waals surface area contributed by atoms with Crippen molar-refractivity contribution in [2.75, 3.05) is 0 Å². The van der Waals surface area contributed by atoms with E-state index in [1.54, 1.807) is 0 Å². The van der Waals surface area contributed by atoms with Crippen molar-refractivity contribution in [3.05, 3.63) is 193 Å². The van der Waals surface area contributed by atoms with Gasteiger partial charge >= 0.3 is 0 Å². The van der Waals surface area contributed by atoms with Crippen LogP contribution in [-0.2, 0) is 31.9 Å². The standard InChI is InChI=1S/C35H27N2O.C24H28NSi.Ir/c1-35(2,3)24-20-21-30(28(22-24)23-12-5-4-6-13-23)37-31-18-9-8-17-29(31)36-34(37)27-16-11-15-26-25-14-7-10-19-32(25)38-33(26)27;1-18(2)14-22-16-23(25-17-24(22)26(3,4)5)21-13-9-12-20(15-21)19-10-7-6-8-11-19;/h4-15,17-22H,1-3H3;6-12,15-18H,14H2,1-5H3;/q2*-1;. The van der Waals surface area contributed by atoms with Crippen molar-refractivity contribution in [2.24, 2.45) is 5.92 Å². The van der Waals surface area contributed by atoms with Crippen LogP contribution in [0.4, 0.5) is 0 Å². The molecule has 0 unspecified atom stereocenters. The maximum Gasteiger partial charge on any atom is 0.120 e. The van der Waals surface area contributed by atoms with Gasteiger partial charge in [0.05, 0.1) is 30.5 Å². The largest absolute Gasteiger partial charge is 0.501 e. The molecule has 0 fully saturated rings. The van der Waals surface area contributed by atoms with Crippen molar-refractivity contribution in [1.82, 2.24) is 14.5 Å². The Balaban J connectivity index is 0.000000188. The van der Waals surface area contributed by atoms with E-state index in [0.29, 0.717) is 5.92 Å². The summed E-state index contributed by atoms with van der Waals surface area (Å²) in [5.74, 6) is 1.46. The first-order valence-electron chi connectivity index (χ1n) is 22.4. The summed E-state index contributed by atoms with van der Waals surface area (Å²) in [5, 5.41) is 3.65. The molecule has 7 aromatic carbocycles. The first-order chi connectivity index (χ1) is 30.8. The van der Waals surface area contributed by atoms with Gasteiger partial charge in [0.15, 0.2) is 0 Å². The molecule has 0 atom stereocenters. The fraction of sp³-hybridized carbons (Fsp3) is 0.186. The molecule has 0 spiro atoms. The van der Waals surface area contributed by atoms with E-state index in [0.717, 1.165) is 67.7 Å². The molecule has 0 aliphatic heterocycles. The maximum absolute atomic E-state index is 6.42. The van der Waals surface area contributed by atoms with Crippen molar-refractivity contribution >= 4 is 46.2 Å². The van der Waals surface area contributed by atoms with Crippen LogP contribution in [-0.4, -0.2) is 22.6 Å². The zero-order valence-electron chi connectivity index (χ0n) is 38.5. The predicted molar refractivity (Wildman–Crippen MR) is 272 cm³/mol. The van der Waals surface area contributed by atoms with Gasteiger partial charge in [-0.1, -0.05) is 174 Å². The summed E-state index contributed by atoms with van der Waals surface area (Å²) in [6.45, 7) is 18.5. The number of hydrogen-bond donors (Lipinski definition) is 0. The quantitative estimate of drug-likeness (QED) is 0.113. The molecule has 0 amide bonds. The van der Waals surface area contributed by atoms with E-state index in [1.807, 2.05) is 42.5 Å². The van der Waals surface area contributed by atoms with Gasteiger partial charge in [-0.05, 0) is 75.7 Å². The van der Waals surface area contributed by atoms with E-state index >= 15 is 0 Å². The zero-order valence-corrected chi connectivity index (χ0v) is 41.9. The fourth-order valence-corrected chi connectivity index (χ4v) is 10.3. The molecule has 0 aliphatic rings. The summed E-state index contributed by atoms with van der Waals surface area (Å²) in [5.41, 5.74) is 15.2. The summed E-state index contributed by atoms with van der Waals surface area (Å²) in [6, 6.07) is 63.9. The number of furan rings is 1. The molecule has 65 heavy (non-hydrogen) atoms. The minimum Gasteiger partial charge on any atom is -0.501 e. The predicted octanol–water partition coefficient (Wildman–Crippen LogP) is 15.3. The van der Waals surface area contributed by atoms with Gasteiger partial charge in [-0.3, -0.25) is 4.98 Å². The number of rotatable bonds is 8. The average molecular weight is 1040 g/mol. The smallest absolute Gasteiger partial charge is 0.120 e. The topological polar surface area (TPSA) is 43.9 Å². The van der Waals surface area contributed by atoms with Crippen molar-refractivity contribution in [2.45, 2.75) is 66.1 Å². The third kappa shape index (κ3) is 9.49. The van der Waals surface area contributed by atoms with E-state index < -0.39 is 8.07 Å². The SMILES string of the molecule is CC(C)(C)c1ccc(-n2c(-c3[c-]ccc4c3oc3ccccc34)nc3ccccc32)c(-c2ccccc2)c1.CC(C)Cc1cc(-c2[c-]ccc(-c3ccccc3)c2)ncc1[Si](C)(C)C.[Ir]. The van der Waals surface area contributed by atoms with Gasteiger partial charge in [-0.15, -0.1) is 53.6 Å². The molecule has 0 saturated heterocycles. The molecule has 3 heterocycles.